The Labute approximate surface area is 177 Å². The molecular formula is C18H45NO5Si4. The molecule has 2 N–H and O–H groups in total. The lowest BCUT2D eigenvalue weighted by Gasteiger charge is -2.49. The third kappa shape index (κ3) is 10.1. The van der Waals surface area contributed by atoms with Crippen LogP contribution in [0.3, 0.4) is 0 Å². The molecule has 0 aliphatic carbocycles. The minimum atomic E-state index is -1.86. The molecule has 168 valence electrons. The van der Waals surface area contributed by atoms with E-state index in [2.05, 4.69) is 78.6 Å². The summed E-state index contributed by atoms with van der Waals surface area (Å²) in [6.45, 7) is 26.6. The summed E-state index contributed by atoms with van der Waals surface area (Å²) in [4.78, 5) is 0. The van der Waals surface area contributed by atoms with Crippen LogP contribution in [0.5, 0.6) is 0 Å². The van der Waals surface area contributed by atoms with Crippen molar-refractivity contribution in [2.24, 2.45) is 5.73 Å². The number of ether oxygens (including phenoxy) is 1. The van der Waals surface area contributed by atoms with Gasteiger partial charge in [-0.3, -0.25) is 0 Å². The maximum Gasteiger partial charge on any atom is 0.187 e. The van der Waals surface area contributed by atoms with Crippen LogP contribution in [0.25, 0.3) is 0 Å². The third-order valence-electron chi connectivity index (χ3n) is 3.82. The van der Waals surface area contributed by atoms with E-state index >= 15 is 0 Å². The van der Waals surface area contributed by atoms with Crippen molar-refractivity contribution in [3.8, 4) is 0 Å². The van der Waals surface area contributed by atoms with E-state index in [-0.39, 0.29) is 24.4 Å². The number of nitrogens with two attached hydrogens (primary N) is 1. The van der Waals surface area contributed by atoms with Crippen molar-refractivity contribution >= 4 is 33.3 Å². The topological polar surface area (TPSA) is 72.2 Å². The first kappa shape index (κ1) is 26.7. The molecular weight excluding hydrogens is 423 g/mol. The van der Waals surface area contributed by atoms with Crippen LogP contribution in [0.2, 0.25) is 78.6 Å². The molecule has 0 saturated carbocycles. The largest absolute Gasteiger partial charge is 0.415 e. The first-order chi connectivity index (χ1) is 12.3. The summed E-state index contributed by atoms with van der Waals surface area (Å²) in [6.07, 6.45) is -1.25. The Balaban J connectivity index is 3.23. The molecule has 1 heterocycles. The quantitative estimate of drug-likeness (QED) is 0.513. The molecule has 0 spiro atoms. The van der Waals surface area contributed by atoms with Crippen LogP contribution in [-0.2, 0) is 22.4 Å². The van der Waals surface area contributed by atoms with Crippen molar-refractivity contribution < 1.29 is 22.4 Å². The van der Waals surface area contributed by atoms with Gasteiger partial charge in [-0.2, -0.15) is 0 Å². The molecule has 0 bridgehead atoms. The minimum Gasteiger partial charge on any atom is -0.415 e. The highest BCUT2D eigenvalue weighted by molar-refractivity contribution is 6.71. The van der Waals surface area contributed by atoms with Crippen molar-refractivity contribution in [2.45, 2.75) is 109 Å². The molecule has 0 aromatic carbocycles. The van der Waals surface area contributed by atoms with Gasteiger partial charge in [0.15, 0.2) is 39.6 Å². The van der Waals surface area contributed by atoms with E-state index in [9.17, 15) is 0 Å². The maximum atomic E-state index is 6.66. The highest BCUT2D eigenvalue weighted by Gasteiger charge is 2.50. The molecule has 1 fully saturated rings. The van der Waals surface area contributed by atoms with Crippen LogP contribution in [-0.4, -0.2) is 70.5 Å². The molecule has 1 rings (SSSR count). The average molecular weight is 468 g/mol. The Hall–Kier alpha value is 0.628. The first-order valence-corrected chi connectivity index (χ1v) is 24.0. The van der Waals surface area contributed by atoms with Crippen molar-refractivity contribution in [1.29, 1.82) is 0 Å². The monoisotopic (exact) mass is 467 g/mol. The van der Waals surface area contributed by atoms with Crippen LogP contribution in [0.1, 0.15) is 0 Å². The molecule has 1 aliphatic heterocycles. The lowest BCUT2D eigenvalue weighted by Crippen LogP contribution is -2.68. The zero-order valence-electron chi connectivity index (χ0n) is 20.2. The lowest BCUT2D eigenvalue weighted by molar-refractivity contribution is -0.233. The molecule has 0 unspecified atom stereocenters. The fourth-order valence-electron chi connectivity index (χ4n) is 2.95. The van der Waals surface area contributed by atoms with Gasteiger partial charge in [-0.1, -0.05) is 0 Å². The second-order valence-corrected chi connectivity index (χ2v) is 29.6. The number of hydrogen-bond acceptors (Lipinski definition) is 6. The van der Waals surface area contributed by atoms with Gasteiger partial charge in [0.1, 0.15) is 12.2 Å². The van der Waals surface area contributed by atoms with Gasteiger partial charge in [-0.05, 0) is 78.6 Å². The van der Waals surface area contributed by atoms with Crippen molar-refractivity contribution in [3.05, 3.63) is 0 Å². The van der Waals surface area contributed by atoms with Gasteiger partial charge in [0.05, 0.1) is 18.8 Å². The second kappa shape index (κ2) is 9.41. The standard InChI is InChI=1S/C18H45NO5Si4/c1-25(2,3)20-13-14-16(22-26(4,5)6)17(23-27(7,8)9)15(19)18(21-14)24-28(10,11)12/h14-18H,13,19H2,1-12H3/t14-,15-,16-,17-,18-/m1/s1. The van der Waals surface area contributed by atoms with Crippen LogP contribution in [0, 0.1) is 0 Å². The summed E-state index contributed by atoms with van der Waals surface area (Å²) in [5.41, 5.74) is 6.66. The summed E-state index contributed by atoms with van der Waals surface area (Å²) in [6, 6.07) is -0.386. The Morgan fingerprint density at radius 1 is 0.643 bits per heavy atom. The van der Waals surface area contributed by atoms with E-state index < -0.39 is 39.6 Å². The lowest BCUT2D eigenvalue weighted by atomic mass is 9.98. The molecule has 5 atom stereocenters. The van der Waals surface area contributed by atoms with Crippen LogP contribution in [0.15, 0.2) is 0 Å². The Kier molecular flexibility index (Phi) is 8.96. The predicted octanol–water partition coefficient (Wildman–Crippen LogP) is 4.18. The molecule has 0 aromatic heterocycles. The van der Waals surface area contributed by atoms with Crippen LogP contribution >= 0.6 is 0 Å². The summed E-state index contributed by atoms with van der Waals surface area (Å²) in [5.74, 6) is 0. The summed E-state index contributed by atoms with van der Waals surface area (Å²) < 4.78 is 32.1. The fourth-order valence-corrected chi connectivity index (χ4v) is 6.74. The Morgan fingerprint density at radius 3 is 1.46 bits per heavy atom. The summed E-state index contributed by atoms with van der Waals surface area (Å²) in [5, 5.41) is 0. The van der Waals surface area contributed by atoms with Gasteiger partial charge in [-0.25, -0.2) is 0 Å². The normalized spacial score (nSPS) is 30.5. The van der Waals surface area contributed by atoms with Crippen molar-refractivity contribution in [2.75, 3.05) is 6.61 Å². The van der Waals surface area contributed by atoms with Gasteiger partial charge in [0, 0.05) is 0 Å². The average Bonchev–Trinajstić information content (AvgIpc) is 2.39. The van der Waals surface area contributed by atoms with E-state index in [1.165, 1.54) is 0 Å². The Morgan fingerprint density at radius 2 is 1.07 bits per heavy atom. The smallest absolute Gasteiger partial charge is 0.187 e. The molecule has 0 radical (unpaired) electrons. The zero-order chi connectivity index (χ0) is 22.1. The molecule has 0 aromatic rings. The SMILES string of the molecule is C[Si](C)(C)OC[C@H]1O[C@H](O[Si](C)(C)C)[C@H](N)[C@@H](O[Si](C)(C)C)[C@@H]1O[Si](C)(C)C. The third-order valence-corrected chi connectivity index (χ3v) is 7.75. The van der Waals surface area contributed by atoms with E-state index in [1.807, 2.05) is 0 Å². The number of rotatable bonds is 9. The summed E-state index contributed by atoms with van der Waals surface area (Å²) >= 11 is 0. The zero-order valence-corrected chi connectivity index (χ0v) is 24.2. The molecule has 1 saturated heterocycles. The Bertz CT molecular complexity index is 480. The molecule has 6 nitrogen and oxygen atoms in total. The van der Waals surface area contributed by atoms with Gasteiger partial charge in [0.2, 0.25) is 0 Å². The van der Waals surface area contributed by atoms with E-state index in [0.717, 1.165) is 0 Å². The van der Waals surface area contributed by atoms with Crippen molar-refractivity contribution in [1.82, 2.24) is 0 Å². The van der Waals surface area contributed by atoms with E-state index in [4.69, 9.17) is 28.2 Å². The van der Waals surface area contributed by atoms with Gasteiger partial charge >= 0.3 is 0 Å². The molecule has 28 heavy (non-hydrogen) atoms. The molecule has 0 amide bonds. The fraction of sp³-hybridized carbons (Fsp3) is 1.00. The minimum absolute atomic E-state index is 0.244. The van der Waals surface area contributed by atoms with Crippen molar-refractivity contribution in [3.63, 3.8) is 0 Å². The van der Waals surface area contributed by atoms with Gasteiger partial charge in [-0.15, -0.1) is 0 Å². The predicted molar refractivity (Wildman–Crippen MR) is 127 cm³/mol. The van der Waals surface area contributed by atoms with E-state index in [1.54, 1.807) is 0 Å². The first-order valence-electron chi connectivity index (χ1n) is 10.4. The van der Waals surface area contributed by atoms with E-state index in [0.29, 0.717) is 6.61 Å². The molecule has 10 heteroatoms. The molecule has 1 aliphatic rings. The van der Waals surface area contributed by atoms with Gasteiger partial charge < -0.3 is 28.2 Å². The number of hydrogen-bond donors (Lipinski definition) is 1. The van der Waals surface area contributed by atoms with Crippen LogP contribution < -0.4 is 5.73 Å². The highest BCUT2D eigenvalue weighted by Crippen LogP contribution is 2.31. The summed E-state index contributed by atoms with van der Waals surface area (Å²) in [7, 11) is -7.26. The maximum absolute atomic E-state index is 6.66. The van der Waals surface area contributed by atoms with Crippen LogP contribution in [0.4, 0.5) is 0 Å². The second-order valence-electron chi connectivity index (χ2n) is 11.7. The highest BCUT2D eigenvalue weighted by atomic mass is 28.4. The van der Waals surface area contributed by atoms with Gasteiger partial charge in [0.25, 0.3) is 0 Å².